The Bertz CT molecular complexity index is 511. The molecule has 0 saturated carbocycles. The molecule has 0 fully saturated rings. The fraction of sp³-hybridized carbons (Fsp3) is 0.538. The molecule has 2 heterocycles. The van der Waals surface area contributed by atoms with Crippen LogP contribution >= 0.6 is 0 Å². The lowest BCUT2D eigenvalue weighted by molar-refractivity contribution is 0.546. The Kier molecular flexibility index (Phi) is 3.81. The average molecular weight is 247 g/mol. The highest BCUT2D eigenvalue weighted by molar-refractivity contribution is 5.20. The highest BCUT2D eigenvalue weighted by atomic mass is 15.3. The van der Waals surface area contributed by atoms with Gasteiger partial charge in [-0.2, -0.15) is 10.2 Å². The minimum absolute atomic E-state index is 0.346. The number of hydrogen-bond acceptors (Lipinski definition) is 3. The zero-order chi connectivity index (χ0) is 13.1. The van der Waals surface area contributed by atoms with Crippen molar-refractivity contribution in [2.75, 3.05) is 7.05 Å². The van der Waals surface area contributed by atoms with Crippen molar-refractivity contribution in [2.24, 2.45) is 14.1 Å². The third-order valence-corrected chi connectivity index (χ3v) is 3.26. The molecule has 0 aliphatic carbocycles. The smallest absolute Gasteiger partial charge is 0.0641 e. The fourth-order valence-corrected chi connectivity index (χ4v) is 2.33. The second kappa shape index (κ2) is 5.35. The van der Waals surface area contributed by atoms with Crippen molar-refractivity contribution in [3.63, 3.8) is 0 Å². The van der Waals surface area contributed by atoms with Crippen LogP contribution in [0.15, 0.2) is 18.6 Å². The predicted octanol–water partition coefficient (Wildman–Crippen LogP) is 1.36. The third-order valence-electron chi connectivity index (χ3n) is 3.26. The van der Waals surface area contributed by atoms with Gasteiger partial charge in [0.05, 0.1) is 11.9 Å². The van der Waals surface area contributed by atoms with Gasteiger partial charge in [0.2, 0.25) is 0 Å². The maximum absolute atomic E-state index is 4.40. The molecular weight excluding hydrogens is 226 g/mol. The molecule has 0 radical (unpaired) electrons. The van der Waals surface area contributed by atoms with Gasteiger partial charge in [-0.1, -0.05) is 0 Å². The Morgan fingerprint density at radius 3 is 2.56 bits per heavy atom. The summed E-state index contributed by atoms with van der Waals surface area (Å²) in [5, 5.41) is 12.0. The van der Waals surface area contributed by atoms with Crippen LogP contribution in [0.5, 0.6) is 0 Å². The maximum atomic E-state index is 4.40. The lowest BCUT2D eigenvalue weighted by Crippen LogP contribution is -2.17. The molecule has 2 aromatic rings. The first-order chi connectivity index (χ1) is 8.60. The van der Waals surface area contributed by atoms with Crippen molar-refractivity contribution in [2.45, 2.75) is 25.8 Å². The summed E-state index contributed by atoms with van der Waals surface area (Å²) in [4.78, 5) is 0. The van der Waals surface area contributed by atoms with Crippen LogP contribution < -0.4 is 5.32 Å². The van der Waals surface area contributed by atoms with E-state index in [2.05, 4.69) is 34.8 Å². The largest absolute Gasteiger partial charge is 0.313 e. The lowest BCUT2D eigenvalue weighted by Gasteiger charge is -2.14. The molecule has 98 valence electrons. The fourth-order valence-electron chi connectivity index (χ4n) is 2.33. The van der Waals surface area contributed by atoms with Gasteiger partial charge in [0.15, 0.2) is 0 Å². The molecule has 5 nitrogen and oxygen atoms in total. The van der Waals surface area contributed by atoms with Gasteiger partial charge in [0, 0.05) is 38.1 Å². The summed E-state index contributed by atoms with van der Waals surface area (Å²) < 4.78 is 3.72. The second-order valence-corrected chi connectivity index (χ2v) is 4.75. The molecule has 0 spiro atoms. The van der Waals surface area contributed by atoms with E-state index in [1.807, 2.05) is 36.7 Å². The molecule has 0 bridgehead atoms. The summed E-state index contributed by atoms with van der Waals surface area (Å²) in [6, 6.07) is 0.346. The summed E-state index contributed by atoms with van der Waals surface area (Å²) in [6.45, 7) is 2.06. The van der Waals surface area contributed by atoms with Gasteiger partial charge in [-0.3, -0.25) is 9.36 Å². The normalized spacial score (nSPS) is 12.9. The number of aryl methyl sites for hydroxylation is 4. The van der Waals surface area contributed by atoms with Gasteiger partial charge < -0.3 is 5.32 Å². The Balaban J connectivity index is 2.03. The Hall–Kier alpha value is -1.62. The second-order valence-electron chi connectivity index (χ2n) is 4.75. The van der Waals surface area contributed by atoms with Crippen LogP contribution in [0.1, 0.15) is 29.3 Å². The van der Waals surface area contributed by atoms with Crippen molar-refractivity contribution < 1.29 is 0 Å². The first kappa shape index (κ1) is 12.8. The van der Waals surface area contributed by atoms with Crippen molar-refractivity contribution >= 4 is 0 Å². The van der Waals surface area contributed by atoms with Crippen LogP contribution in [0.2, 0.25) is 0 Å². The molecule has 5 heteroatoms. The first-order valence-corrected chi connectivity index (χ1v) is 6.25. The number of aromatic nitrogens is 4. The standard InChI is InChI=1S/C13H21N5/c1-10-12(9-18(4)16-10)13(14-2)6-5-11-7-15-17(3)8-11/h7-9,13-14H,5-6H2,1-4H3. The molecule has 0 aliphatic heterocycles. The van der Waals surface area contributed by atoms with Gasteiger partial charge >= 0.3 is 0 Å². The molecule has 0 aromatic carbocycles. The molecule has 1 N–H and O–H groups in total. The van der Waals surface area contributed by atoms with E-state index >= 15 is 0 Å². The predicted molar refractivity (Wildman–Crippen MR) is 71.3 cm³/mol. The summed E-state index contributed by atoms with van der Waals surface area (Å²) in [5.41, 5.74) is 3.66. The molecule has 0 amide bonds. The quantitative estimate of drug-likeness (QED) is 0.867. The van der Waals surface area contributed by atoms with Gasteiger partial charge in [0.25, 0.3) is 0 Å². The van der Waals surface area contributed by atoms with Gasteiger partial charge in [-0.05, 0) is 32.4 Å². The zero-order valence-corrected chi connectivity index (χ0v) is 11.5. The number of nitrogens with zero attached hydrogens (tertiary/aromatic N) is 4. The van der Waals surface area contributed by atoms with Crippen molar-refractivity contribution in [1.29, 1.82) is 0 Å². The molecule has 18 heavy (non-hydrogen) atoms. The number of nitrogens with one attached hydrogen (secondary N) is 1. The SMILES string of the molecule is CNC(CCc1cnn(C)c1)c1cn(C)nc1C. The van der Waals surface area contributed by atoms with E-state index in [0.717, 1.165) is 18.5 Å². The molecule has 1 atom stereocenters. The molecule has 2 rings (SSSR count). The van der Waals surface area contributed by atoms with Crippen LogP contribution in [0.25, 0.3) is 0 Å². The van der Waals surface area contributed by atoms with Gasteiger partial charge in [0.1, 0.15) is 0 Å². The van der Waals surface area contributed by atoms with E-state index in [-0.39, 0.29) is 0 Å². The van der Waals surface area contributed by atoms with E-state index in [4.69, 9.17) is 0 Å². The topological polar surface area (TPSA) is 47.7 Å². The molecule has 2 aromatic heterocycles. The number of rotatable bonds is 5. The van der Waals surface area contributed by atoms with E-state index < -0.39 is 0 Å². The highest BCUT2D eigenvalue weighted by Crippen LogP contribution is 2.21. The van der Waals surface area contributed by atoms with Crippen molar-refractivity contribution in [1.82, 2.24) is 24.9 Å². The monoisotopic (exact) mass is 247 g/mol. The molecule has 1 unspecified atom stereocenters. The number of hydrogen-bond donors (Lipinski definition) is 1. The van der Waals surface area contributed by atoms with Crippen LogP contribution in [0.3, 0.4) is 0 Å². The van der Waals surface area contributed by atoms with E-state index in [1.165, 1.54) is 11.1 Å². The van der Waals surface area contributed by atoms with Crippen LogP contribution in [0, 0.1) is 6.92 Å². The van der Waals surface area contributed by atoms with Crippen molar-refractivity contribution in [3.05, 3.63) is 35.4 Å². The summed E-state index contributed by atoms with van der Waals surface area (Å²) in [5.74, 6) is 0. The molecule has 0 aliphatic rings. The average Bonchev–Trinajstić information content (AvgIpc) is 2.87. The summed E-state index contributed by atoms with van der Waals surface area (Å²) in [6.07, 6.45) is 8.17. The van der Waals surface area contributed by atoms with Gasteiger partial charge in [-0.15, -0.1) is 0 Å². The summed E-state index contributed by atoms with van der Waals surface area (Å²) in [7, 11) is 5.91. The maximum Gasteiger partial charge on any atom is 0.0641 e. The third kappa shape index (κ3) is 2.79. The Morgan fingerprint density at radius 1 is 1.28 bits per heavy atom. The Morgan fingerprint density at radius 2 is 2.06 bits per heavy atom. The van der Waals surface area contributed by atoms with E-state index in [0.29, 0.717) is 6.04 Å². The Labute approximate surface area is 108 Å². The lowest BCUT2D eigenvalue weighted by atomic mass is 10.0. The van der Waals surface area contributed by atoms with Gasteiger partial charge in [-0.25, -0.2) is 0 Å². The van der Waals surface area contributed by atoms with Crippen LogP contribution in [0.4, 0.5) is 0 Å². The zero-order valence-electron chi connectivity index (χ0n) is 11.5. The molecular formula is C13H21N5. The first-order valence-electron chi connectivity index (χ1n) is 6.25. The van der Waals surface area contributed by atoms with Crippen molar-refractivity contribution in [3.8, 4) is 0 Å². The highest BCUT2D eigenvalue weighted by Gasteiger charge is 2.14. The minimum atomic E-state index is 0.346. The van der Waals surface area contributed by atoms with E-state index in [9.17, 15) is 0 Å². The summed E-state index contributed by atoms with van der Waals surface area (Å²) >= 11 is 0. The van der Waals surface area contributed by atoms with E-state index in [1.54, 1.807) is 0 Å². The van der Waals surface area contributed by atoms with Crippen LogP contribution in [-0.4, -0.2) is 26.6 Å². The van der Waals surface area contributed by atoms with Crippen LogP contribution in [-0.2, 0) is 20.5 Å². The minimum Gasteiger partial charge on any atom is -0.313 e. The molecule has 0 saturated heterocycles.